The van der Waals surface area contributed by atoms with Crippen molar-refractivity contribution in [3.63, 3.8) is 0 Å². The highest BCUT2D eigenvalue weighted by Gasteiger charge is 3.18. The van der Waals surface area contributed by atoms with Crippen LogP contribution >= 0.6 is 0 Å². The molecule has 4 atom stereocenters. The van der Waals surface area contributed by atoms with Gasteiger partial charge in [0.1, 0.15) is 0 Å². The topological polar surface area (TPSA) is 40.6 Å². The van der Waals surface area contributed by atoms with E-state index in [9.17, 15) is 9.59 Å². The van der Waals surface area contributed by atoms with Crippen LogP contribution in [0.5, 0.6) is 0 Å². The van der Waals surface area contributed by atoms with Crippen LogP contribution in [0.1, 0.15) is 66.5 Å². The van der Waals surface area contributed by atoms with E-state index in [1.54, 1.807) is 0 Å². The summed E-state index contributed by atoms with van der Waals surface area (Å²) in [5.74, 6) is 2.72. The first kappa shape index (κ1) is 21.7. The first-order chi connectivity index (χ1) is 15.5. The van der Waals surface area contributed by atoms with Crippen molar-refractivity contribution in [1.82, 2.24) is 9.80 Å². The summed E-state index contributed by atoms with van der Waals surface area (Å²) < 4.78 is 0. The van der Waals surface area contributed by atoms with Gasteiger partial charge in [-0.3, -0.25) is 9.59 Å². The Kier molecular flexibility index (Phi) is 3.97. The summed E-state index contributed by atoms with van der Waals surface area (Å²) in [4.78, 5) is 32.7. The molecule has 0 aliphatic heterocycles. The van der Waals surface area contributed by atoms with Gasteiger partial charge in [-0.2, -0.15) is 0 Å². The van der Waals surface area contributed by atoms with Crippen molar-refractivity contribution < 1.29 is 9.59 Å². The summed E-state index contributed by atoms with van der Waals surface area (Å²) in [6.45, 7) is 19.3. The van der Waals surface area contributed by atoms with Crippen molar-refractivity contribution in [3.05, 3.63) is 35.4 Å². The molecule has 178 valence electrons. The van der Waals surface area contributed by atoms with Crippen LogP contribution < -0.4 is 0 Å². The van der Waals surface area contributed by atoms with E-state index in [1.165, 1.54) is 11.1 Å². The molecule has 7 rings (SSSR count). The van der Waals surface area contributed by atoms with E-state index in [1.807, 2.05) is 0 Å². The van der Waals surface area contributed by atoms with Crippen molar-refractivity contribution in [2.24, 2.45) is 40.4 Å². The van der Waals surface area contributed by atoms with Crippen molar-refractivity contribution in [2.45, 2.75) is 91.9 Å². The highest BCUT2D eigenvalue weighted by Crippen LogP contribution is 3.14. The van der Waals surface area contributed by atoms with Gasteiger partial charge < -0.3 is 9.80 Å². The lowest BCUT2D eigenvalue weighted by atomic mass is 8.87. The van der Waals surface area contributed by atoms with Gasteiger partial charge in [-0.1, -0.05) is 29.8 Å². The van der Waals surface area contributed by atoms with Gasteiger partial charge in [-0.05, 0) is 97.5 Å². The van der Waals surface area contributed by atoms with Gasteiger partial charge in [0.15, 0.2) is 0 Å². The van der Waals surface area contributed by atoms with Crippen LogP contribution in [0.4, 0.5) is 0 Å². The highest BCUT2D eigenvalue weighted by molar-refractivity contribution is 6.04. The maximum Gasteiger partial charge on any atom is 0.230 e. The molecule has 0 saturated heterocycles. The van der Waals surface area contributed by atoms with Crippen LogP contribution in [0, 0.1) is 47.3 Å². The molecule has 1 aromatic carbocycles. The molecule has 0 heterocycles. The van der Waals surface area contributed by atoms with E-state index in [0.717, 1.165) is 0 Å². The predicted octanol–water partition coefficient (Wildman–Crippen LogP) is 4.65. The number of hydrogen-bond acceptors (Lipinski definition) is 2. The summed E-state index contributed by atoms with van der Waals surface area (Å²) in [5, 5.41) is 0. The Labute approximate surface area is 199 Å². The third-order valence-electron chi connectivity index (χ3n) is 10.7. The Morgan fingerprint density at radius 1 is 0.697 bits per heavy atom. The number of aryl methyl sites for hydroxylation is 1. The van der Waals surface area contributed by atoms with Crippen LogP contribution in [0.15, 0.2) is 24.3 Å². The van der Waals surface area contributed by atoms with E-state index in [-0.39, 0.29) is 40.4 Å². The Balaban J connectivity index is 1.44. The second-order valence-electron chi connectivity index (χ2n) is 12.9. The largest absolute Gasteiger partial charge is 0.337 e. The maximum atomic E-state index is 14.3. The summed E-state index contributed by atoms with van der Waals surface area (Å²) in [7, 11) is 0. The summed E-state index contributed by atoms with van der Waals surface area (Å²) in [6.07, 6.45) is 0. The molecule has 4 heteroatoms. The summed E-state index contributed by atoms with van der Waals surface area (Å²) in [6, 6.07) is 9.73. The van der Waals surface area contributed by atoms with Crippen molar-refractivity contribution in [1.29, 1.82) is 0 Å². The number of nitrogens with zero attached hydrogens (tertiary/aromatic N) is 2. The molecule has 1 aromatic rings. The van der Waals surface area contributed by atoms with E-state index in [0.29, 0.717) is 41.4 Å². The Morgan fingerprint density at radius 2 is 1.12 bits per heavy atom. The molecule has 4 nitrogen and oxygen atoms in total. The zero-order valence-corrected chi connectivity index (χ0v) is 21.7. The third-order valence-corrected chi connectivity index (χ3v) is 10.7. The van der Waals surface area contributed by atoms with Crippen molar-refractivity contribution >= 4 is 11.8 Å². The first-order valence-electron chi connectivity index (χ1n) is 13.2. The molecule has 0 bridgehead atoms. The van der Waals surface area contributed by atoms with E-state index in [2.05, 4.69) is 96.4 Å². The number of carbonyl (C=O) groups is 2. The van der Waals surface area contributed by atoms with E-state index >= 15 is 0 Å². The summed E-state index contributed by atoms with van der Waals surface area (Å²) in [5.41, 5.74) is 2.02. The van der Waals surface area contributed by atoms with Crippen LogP contribution in [0.2, 0.25) is 0 Å². The van der Waals surface area contributed by atoms with Crippen molar-refractivity contribution in [2.75, 3.05) is 0 Å². The minimum Gasteiger partial charge on any atom is -0.337 e. The molecule has 4 unspecified atom stereocenters. The fraction of sp³-hybridized carbons (Fsp3) is 0.724. The van der Waals surface area contributed by atoms with Gasteiger partial charge in [0.25, 0.3) is 0 Å². The fourth-order valence-corrected chi connectivity index (χ4v) is 10.6. The third kappa shape index (κ3) is 1.74. The number of amides is 2. The molecular weight excluding hydrogens is 408 g/mol. The minimum atomic E-state index is -0.251. The van der Waals surface area contributed by atoms with Crippen LogP contribution in [0.3, 0.4) is 0 Å². The van der Waals surface area contributed by atoms with Gasteiger partial charge in [-0.25, -0.2) is 0 Å². The fourth-order valence-electron chi connectivity index (χ4n) is 10.6. The molecule has 6 saturated carbocycles. The molecule has 6 aliphatic rings. The average molecular weight is 449 g/mol. The first-order valence-corrected chi connectivity index (χ1v) is 13.2. The molecular formula is C29H40N2O2. The number of rotatable bonds is 7. The number of carbonyl (C=O) groups excluding carboxylic acids is 2. The van der Waals surface area contributed by atoms with Gasteiger partial charge in [0.05, 0.1) is 10.8 Å². The number of benzene rings is 1. The molecule has 2 amide bonds. The Morgan fingerprint density at radius 3 is 1.55 bits per heavy atom. The SMILES string of the molecule is Cc1ccc(C23C4C5C6C(C2C64C(=O)N(C(C)C)C(C)C)C53C(=O)N(C(C)C)C(C)C)cc1. The molecule has 0 N–H and O–H groups in total. The van der Waals surface area contributed by atoms with E-state index < -0.39 is 0 Å². The van der Waals surface area contributed by atoms with Gasteiger partial charge in [0.2, 0.25) is 11.8 Å². The maximum absolute atomic E-state index is 14.3. The van der Waals surface area contributed by atoms with Gasteiger partial charge >= 0.3 is 0 Å². The van der Waals surface area contributed by atoms with Crippen LogP contribution in [-0.4, -0.2) is 45.8 Å². The zero-order valence-electron chi connectivity index (χ0n) is 21.7. The van der Waals surface area contributed by atoms with Gasteiger partial charge in [0, 0.05) is 29.6 Å². The second kappa shape index (κ2) is 6.04. The zero-order chi connectivity index (χ0) is 24.0. The molecule has 6 aliphatic carbocycles. The Hall–Kier alpha value is -1.84. The number of hydrogen-bond donors (Lipinski definition) is 0. The Bertz CT molecular complexity index is 1020. The average Bonchev–Trinajstić information content (AvgIpc) is 2.72. The molecule has 6 fully saturated rings. The smallest absolute Gasteiger partial charge is 0.230 e. The standard InChI is InChI=1S/C29H40N2O2/c1-14(2)30(15(3)4)25(32)27-20-21-23(27)28(19-12-10-18(9)11-13-19)24(27)22(20)29(21,28)26(33)31(16(5)6)17(7)8/h10-17,20-24H,1-9H3. The lowest BCUT2D eigenvalue weighted by Crippen LogP contribution is -3.18. The normalized spacial score (nSPS) is 42.3. The highest BCUT2D eigenvalue weighted by atomic mass is 16.2. The summed E-state index contributed by atoms with van der Waals surface area (Å²) >= 11 is 0. The molecule has 0 aromatic heterocycles. The monoisotopic (exact) mass is 448 g/mol. The molecule has 33 heavy (non-hydrogen) atoms. The van der Waals surface area contributed by atoms with Crippen LogP contribution in [0.25, 0.3) is 0 Å². The second-order valence-corrected chi connectivity index (χ2v) is 12.9. The van der Waals surface area contributed by atoms with E-state index in [4.69, 9.17) is 0 Å². The quantitative estimate of drug-likeness (QED) is 0.609. The predicted molar refractivity (Wildman–Crippen MR) is 129 cm³/mol. The molecule has 0 spiro atoms. The minimum absolute atomic E-state index is 0.112. The van der Waals surface area contributed by atoms with Crippen molar-refractivity contribution in [3.8, 4) is 0 Å². The molecule has 0 radical (unpaired) electrons. The van der Waals surface area contributed by atoms with Crippen LogP contribution in [-0.2, 0) is 15.0 Å². The van der Waals surface area contributed by atoms with Gasteiger partial charge in [-0.15, -0.1) is 0 Å². The lowest BCUT2D eigenvalue weighted by molar-refractivity contribution is -0.641. The lowest BCUT2D eigenvalue weighted by Gasteiger charge is -3.14.